The van der Waals surface area contributed by atoms with Crippen LogP contribution in [0.3, 0.4) is 0 Å². The van der Waals surface area contributed by atoms with E-state index < -0.39 is 18.0 Å². The smallest absolute Gasteiger partial charge is 0.345 e. The summed E-state index contributed by atoms with van der Waals surface area (Å²) in [5, 5.41) is 9.01. The number of carboxylic acid groups (broad SMARTS) is 1. The summed E-state index contributed by atoms with van der Waals surface area (Å²) in [4.78, 5) is 24.0. The summed E-state index contributed by atoms with van der Waals surface area (Å²) in [5.74, 6) is -1.27. The summed E-state index contributed by atoms with van der Waals surface area (Å²) in [6, 6.07) is 11.8. The van der Waals surface area contributed by atoms with E-state index in [1.54, 1.807) is 0 Å². The van der Waals surface area contributed by atoms with Crippen LogP contribution in [0.1, 0.15) is 73.7 Å². The fourth-order valence-corrected chi connectivity index (χ4v) is 4.18. The molecule has 1 unspecified atom stereocenters. The number of carbonyl (C=O) groups is 2. The first-order chi connectivity index (χ1) is 13.6. The third-order valence-corrected chi connectivity index (χ3v) is 5.93. The Morgan fingerprint density at radius 1 is 0.966 bits per heavy atom. The van der Waals surface area contributed by atoms with Crippen molar-refractivity contribution in [3.63, 3.8) is 0 Å². The largest absolute Gasteiger partial charge is 0.478 e. The second-order valence-corrected chi connectivity index (χ2v) is 8.90. The van der Waals surface area contributed by atoms with Gasteiger partial charge in [0.05, 0.1) is 5.56 Å². The molecule has 0 aromatic heterocycles. The Bertz CT molecular complexity index is 925. The molecule has 1 N–H and O–H groups in total. The minimum absolute atomic E-state index is 0.0235. The van der Waals surface area contributed by atoms with Gasteiger partial charge >= 0.3 is 11.9 Å². The fourth-order valence-electron chi connectivity index (χ4n) is 4.18. The summed E-state index contributed by atoms with van der Waals surface area (Å²) < 4.78 is 11.1. The van der Waals surface area contributed by atoms with Gasteiger partial charge in [-0.05, 0) is 64.6 Å². The van der Waals surface area contributed by atoms with E-state index >= 15 is 0 Å². The molecule has 2 aromatic rings. The van der Waals surface area contributed by atoms with Crippen LogP contribution in [0.25, 0.3) is 0 Å². The van der Waals surface area contributed by atoms with E-state index in [4.69, 9.17) is 14.6 Å². The van der Waals surface area contributed by atoms with Crippen LogP contribution in [-0.4, -0.2) is 24.2 Å². The maximum Gasteiger partial charge on any atom is 0.345 e. The highest BCUT2D eigenvalue weighted by atomic mass is 16.6. The molecule has 2 aromatic carbocycles. The molecule has 0 heterocycles. The summed E-state index contributed by atoms with van der Waals surface area (Å²) >= 11 is 0. The zero-order valence-corrected chi connectivity index (χ0v) is 17.6. The average Bonchev–Trinajstić information content (AvgIpc) is 2.66. The molecule has 0 bridgehead atoms. The van der Waals surface area contributed by atoms with Crippen LogP contribution in [-0.2, 0) is 20.4 Å². The van der Waals surface area contributed by atoms with Crippen LogP contribution < -0.4 is 4.74 Å². The SMILES string of the molecule is COC(C(=O)Oc1ccc(C(=O)O)cc1)c1cccc2c1C(C)(C)CCC2(C)C. The number of hydrogen-bond acceptors (Lipinski definition) is 4. The topological polar surface area (TPSA) is 72.8 Å². The highest BCUT2D eigenvalue weighted by molar-refractivity contribution is 5.88. The molecule has 5 nitrogen and oxygen atoms in total. The summed E-state index contributed by atoms with van der Waals surface area (Å²) in [5.41, 5.74) is 3.30. The maximum absolute atomic E-state index is 13.0. The lowest BCUT2D eigenvalue weighted by Crippen LogP contribution is -2.36. The van der Waals surface area contributed by atoms with Gasteiger partial charge in [-0.15, -0.1) is 0 Å². The van der Waals surface area contributed by atoms with Crippen molar-refractivity contribution in [1.82, 2.24) is 0 Å². The Morgan fingerprint density at radius 3 is 2.17 bits per heavy atom. The quantitative estimate of drug-likeness (QED) is 0.567. The molecule has 1 aliphatic rings. The van der Waals surface area contributed by atoms with Crippen molar-refractivity contribution >= 4 is 11.9 Å². The number of carboxylic acids is 1. The number of methoxy groups -OCH3 is 1. The minimum Gasteiger partial charge on any atom is -0.478 e. The molecule has 0 amide bonds. The molecule has 5 heteroatoms. The van der Waals surface area contributed by atoms with Gasteiger partial charge < -0.3 is 14.6 Å². The molecule has 3 rings (SSSR count). The van der Waals surface area contributed by atoms with Gasteiger partial charge in [0.2, 0.25) is 0 Å². The highest BCUT2D eigenvalue weighted by Crippen LogP contribution is 2.48. The Balaban J connectivity index is 1.96. The summed E-state index contributed by atoms with van der Waals surface area (Å²) in [6.07, 6.45) is 1.23. The monoisotopic (exact) mass is 396 g/mol. The van der Waals surface area contributed by atoms with Gasteiger partial charge in [-0.1, -0.05) is 45.9 Å². The minimum atomic E-state index is -1.03. The van der Waals surface area contributed by atoms with Crippen LogP contribution in [0.15, 0.2) is 42.5 Å². The van der Waals surface area contributed by atoms with Gasteiger partial charge in [0, 0.05) is 7.11 Å². The van der Waals surface area contributed by atoms with E-state index in [0.29, 0.717) is 0 Å². The number of hydrogen-bond donors (Lipinski definition) is 1. The van der Waals surface area contributed by atoms with Crippen molar-refractivity contribution in [1.29, 1.82) is 0 Å². The standard InChI is InChI=1S/C24H28O5/c1-23(2)13-14-24(3,4)19-17(7-6-8-18(19)23)20(28-5)22(27)29-16-11-9-15(10-12-16)21(25)26/h6-12,20H,13-14H2,1-5H3,(H,25,26). The highest BCUT2D eigenvalue weighted by Gasteiger charge is 2.40. The molecule has 0 radical (unpaired) electrons. The molecule has 1 aliphatic carbocycles. The molecule has 0 saturated carbocycles. The molecular formula is C24H28O5. The first-order valence-electron chi connectivity index (χ1n) is 9.78. The predicted molar refractivity (Wildman–Crippen MR) is 111 cm³/mol. The van der Waals surface area contributed by atoms with Crippen LogP contribution in [0.5, 0.6) is 5.75 Å². The van der Waals surface area contributed by atoms with Crippen molar-refractivity contribution in [2.75, 3.05) is 7.11 Å². The van der Waals surface area contributed by atoms with E-state index in [9.17, 15) is 9.59 Å². The van der Waals surface area contributed by atoms with Gasteiger partial charge in [0.25, 0.3) is 0 Å². The van der Waals surface area contributed by atoms with Crippen LogP contribution in [0, 0.1) is 0 Å². The lowest BCUT2D eigenvalue weighted by molar-refractivity contribution is -0.146. The zero-order chi connectivity index (χ0) is 21.4. The Kier molecular flexibility index (Phi) is 5.54. The molecule has 29 heavy (non-hydrogen) atoms. The van der Waals surface area contributed by atoms with Crippen molar-refractivity contribution in [2.45, 2.75) is 57.5 Å². The van der Waals surface area contributed by atoms with Crippen molar-refractivity contribution in [2.24, 2.45) is 0 Å². The predicted octanol–water partition coefficient (Wildman–Crippen LogP) is 5.03. The van der Waals surface area contributed by atoms with Gasteiger partial charge in [-0.25, -0.2) is 9.59 Å². The number of aromatic carboxylic acids is 1. The van der Waals surface area contributed by atoms with E-state index in [1.807, 2.05) is 12.1 Å². The van der Waals surface area contributed by atoms with Crippen molar-refractivity contribution in [3.8, 4) is 5.75 Å². The van der Waals surface area contributed by atoms with Gasteiger partial charge in [-0.2, -0.15) is 0 Å². The molecule has 1 atom stereocenters. The van der Waals surface area contributed by atoms with Crippen LogP contribution in [0.2, 0.25) is 0 Å². The number of fused-ring (bicyclic) bond motifs is 1. The second-order valence-electron chi connectivity index (χ2n) is 8.90. The number of ether oxygens (including phenoxy) is 2. The number of rotatable bonds is 5. The van der Waals surface area contributed by atoms with Crippen LogP contribution in [0.4, 0.5) is 0 Å². The first-order valence-corrected chi connectivity index (χ1v) is 9.78. The van der Waals surface area contributed by atoms with E-state index in [2.05, 4.69) is 33.8 Å². The lowest BCUT2D eigenvalue weighted by atomic mass is 9.61. The van der Waals surface area contributed by atoms with Gasteiger partial charge in [0.1, 0.15) is 5.75 Å². The van der Waals surface area contributed by atoms with Crippen molar-refractivity contribution in [3.05, 3.63) is 64.7 Å². The summed E-state index contributed by atoms with van der Waals surface area (Å²) in [6.45, 7) is 8.87. The summed E-state index contributed by atoms with van der Waals surface area (Å²) in [7, 11) is 1.50. The molecular weight excluding hydrogens is 368 g/mol. The molecule has 0 saturated heterocycles. The fraction of sp³-hybridized carbons (Fsp3) is 0.417. The lowest BCUT2D eigenvalue weighted by Gasteiger charge is -2.43. The second kappa shape index (κ2) is 7.64. The zero-order valence-electron chi connectivity index (χ0n) is 17.6. The molecule has 154 valence electrons. The first kappa shape index (κ1) is 21.1. The van der Waals surface area contributed by atoms with E-state index in [1.165, 1.54) is 36.9 Å². The van der Waals surface area contributed by atoms with Gasteiger partial charge in [0.15, 0.2) is 6.10 Å². The number of benzene rings is 2. The molecule has 0 fully saturated rings. The van der Waals surface area contributed by atoms with E-state index in [0.717, 1.165) is 24.0 Å². The molecule has 0 aliphatic heterocycles. The third kappa shape index (κ3) is 4.06. The maximum atomic E-state index is 13.0. The van der Waals surface area contributed by atoms with Crippen molar-refractivity contribution < 1.29 is 24.2 Å². The number of carbonyl (C=O) groups excluding carboxylic acids is 1. The van der Waals surface area contributed by atoms with E-state index in [-0.39, 0.29) is 22.1 Å². The molecule has 0 spiro atoms. The normalized spacial score (nSPS) is 17.8. The van der Waals surface area contributed by atoms with Gasteiger partial charge in [-0.3, -0.25) is 0 Å². The number of esters is 1. The Hall–Kier alpha value is -2.66. The Labute approximate surface area is 171 Å². The third-order valence-electron chi connectivity index (χ3n) is 5.93. The average molecular weight is 396 g/mol. The van der Waals surface area contributed by atoms with Crippen LogP contribution >= 0.6 is 0 Å². The Morgan fingerprint density at radius 2 is 1.59 bits per heavy atom.